The number of hydrogen-bond acceptors (Lipinski definition) is 5. The van der Waals surface area contributed by atoms with Crippen LogP contribution in [0.2, 0.25) is 0 Å². The fourth-order valence-electron chi connectivity index (χ4n) is 1.78. The first-order valence-electron chi connectivity index (χ1n) is 5.20. The van der Waals surface area contributed by atoms with Crippen LogP contribution >= 0.6 is 0 Å². The van der Waals surface area contributed by atoms with Crippen LogP contribution in [0.15, 0.2) is 41.5 Å². The van der Waals surface area contributed by atoms with Gasteiger partial charge in [0.05, 0.1) is 5.56 Å². The molecule has 0 aromatic carbocycles. The monoisotopic (exact) mass is 240 g/mol. The predicted octanol–water partition coefficient (Wildman–Crippen LogP) is 1.38. The van der Waals surface area contributed by atoms with E-state index in [4.69, 9.17) is 10.2 Å². The minimum atomic E-state index is -0.591. The second-order valence-electron chi connectivity index (χ2n) is 3.65. The number of carbonyl (C=O) groups excluding carboxylic acids is 1. The van der Waals surface area contributed by atoms with E-state index in [2.05, 4.69) is 15.0 Å². The molecule has 0 radical (unpaired) electrons. The number of aromatic nitrogens is 3. The van der Waals surface area contributed by atoms with Gasteiger partial charge in [-0.25, -0.2) is 9.97 Å². The van der Waals surface area contributed by atoms with E-state index < -0.39 is 5.91 Å². The number of nitrogens with zero attached hydrogens (tertiary/aromatic N) is 3. The van der Waals surface area contributed by atoms with Crippen LogP contribution in [0.25, 0.3) is 22.4 Å². The molecule has 0 unspecified atom stereocenters. The minimum Gasteiger partial charge on any atom is -0.453 e. The standard InChI is InChI=1S/C12H8N4O2/c13-12(17)9-10-8(2-1-3-16-10)18-11(9)7-4-14-6-15-5-7/h1-6H,(H2,13,17). The van der Waals surface area contributed by atoms with Gasteiger partial charge in [0, 0.05) is 18.6 Å². The Morgan fingerprint density at radius 3 is 2.78 bits per heavy atom. The van der Waals surface area contributed by atoms with Gasteiger partial charge in [-0.05, 0) is 12.1 Å². The Balaban J connectivity index is 2.36. The lowest BCUT2D eigenvalue weighted by Gasteiger charge is -1.97. The van der Waals surface area contributed by atoms with Crippen molar-refractivity contribution in [1.29, 1.82) is 0 Å². The van der Waals surface area contributed by atoms with Gasteiger partial charge in [0.25, 0.3) is 5.91 Å². The van der Waals surface area contributed by atoms with Gasteiger partial charge in [-0.3, -0.25) is 9.78 Å². The molecule has 3 aromatic heterocycles. The molecule has 0 spiro atoms. The van der Waals surface area contributed by atoms with Crippen LogP contribution in [0.4, 0.5) is 0 Å². The highest BCUT2D eigenvalue weighted by Crippen LogP contribution is 2.31. The first-order chi connectivity index (χ1) is 8.77. The Morgan fingerprint density at radius 2 is 2.06 bits per heavy atom. The minimum absolute atomic E-state index is 0.250. The van der Waals surface area contributed by atoms with Crippen LogP contribution in [0.5, 0.6) is 0 Å². The quantitative estimate of drug-likeness (QED) is 0.730. The van der Waals surface area contributed by atoms with Crippen molar-refractivity contribution in [3.63, 3.8) is 0 Å². The summed E-state index contributed by atoms with van der Waals surface area (Å²) in [6.45, 7) is 0. The Labute approximate surface area is 101 Å². The fourth-order valence-corrected chi connectivity index (χ4v) is 1.78. The SMILES string of the molecule is NC(=O)c1c(-c2cncnc2)oc2cccnc12. The topological polar surface area (TPSA) is 94.9 Å². The molecule has 0 saturated heterocycles. The molecule has 0 atom stereocenters. The number of carbonyl (C=O) groups is 1. The molecule has 0 saturated carbocycles. The summed E-state index contributed by atoms with van der Waals surface area (Å²) in [5.74, 6) is -0.247. The van der Waals surface area contributed by atoms with Gasteiger partial charge in [0.1, 0.15) is 17.4 Å². The summed E-state index contributed by atoms with van der Waals surface area (Å²) >= 11 is 0. The second kappa shape index (κ2) is 3.92. The average molecular weight is 240 g/mol. The van der Waals surface area contributed by atoms with Crippen molar-refractivity contribution in [2.75, 3.05) is 0 Å². The van der Waals surface area contributed by atoms with E-state index in [-0.39, 0.29) is 5.56 Å². The normalized spacial score (nSPS) is 10.7. The Kier molecular flexibility index (Phi) is 2.26. The van der Waals surface area contributed by atoms with Crippen LogP contribution in [0.1, 0.15) is 10.4 Å². The van der Waals surface area contributed by atoms with Gasteiger partial charge in [-0.1, -0.05) is 0 Å². The molecule has 1 amide bonds. The summed E-state index contributed by atoms with van der Waals surface area (Å²) in [5, 5.41) is 0. The second-order valence-corrected chi connectivity index (χ2v) is 3.65. The lowest BCUT2D eigenvalue weighted by atomic mass is 10.1. The molecule has 18 heavy (non-hydrogen) atoms. The molecule has 6 heteroatoms. The molecule has 2 N–H and O–H groups in total. The predicted molar refractivity (Wildman–Crippen MR) is 63.6 cm³/mol. The summed E-state index contributed by atoms with van der Waals surface area (Å²) in [7, 11) is 0. The smallest absolute Gasteiger partial charge is 0.254 e. The van der Waals surface area contributed by atoms with Crippen LogP contribution in [0, 0.1) is 0 Å². The van der Waals surface area contributed by atoms with Crippen molar-refractivity contribution >= 4 is 17.0 Å². The largest absolute Gasteiger partial charge is 0.453 e. The third kappa shape index (κ3) is 1.51. The van der Waals surface area contributed by atoms with Gasteiger partial charge in [-0.2, -0.15) is 0 Å². The van der Waals surface area contributed by atoms with Crippen molar-refractivity contribution in [3.8, 4) is 11.3 Å². The molecule has 3 aromatic rings. The van der Waals surface area contributed by atoms with Gasteiger partial charge in [-0.15, -0.1) is 0 Å². The zero-order valence-corrected chi connectivity index (χ0v) is 9.20. The van der Waals surface area contributed by atoms with Gasteiger partial charge in [0.2, 0.25) is 0 Å². The number of rotatable bonds is 2. The van der Waals surface area contributed by atoms with Crippen molar-refractivity contribution in [2.45, 2.75) is 0 Å². The summed E-state index contributed by atoms with van der Waals surface area (Å²) in [4.78, 5) is 23.4. The molecule has 0 aliphatic carbocycles. The van der Waals surface area contributed by atoms with Crippen molar-refractivity contribution in [1.82, 2.24) is 15.0 Å². The third-order valence-electron chi connectivity index (χ3n) is 2.52. The molecule has 0 bridgehead atoms. The summed E-state index contributed by atoms with van der Waals surface area (Å²) < 4.78 is 5.60. The number of nitrogens with two attached hydrogens (primary N) is 1. The Bertz CT molecular complexity index is 721. The van der Waals surface area contributed by atoms with E-state index >= 15 is 0 Å². The first-order valence-corrected chi connectivity index (χ1v) is 5.20. The molecular weight excluding hydrogens is 232 g/mol. The number of furan rings is 1. The molecule has 0 aliphatic heterocycles. The molecule has 0 fully saturated rings. The number of pyridine rings is 1. The first kappa shape index (κ1) is 10.4. The van der Waals surface area contributed by atoms with Gasteiger partial charge in [0.15, 0.2) is 11.3 Å². The summed E-state index contributed by atoms with van der Waals surface area (Å²) in [5.41, 5.74) is 7.17. The molecule has 3 heterocycles. The molecular formula is C12H8N4O2. The van der Waals surface area contributed by atoms with Crippen LogP contribution < -0.4 is 5.73 Å². The van der Waals surface area contributed by atoms with E-state index in [1.807, 2.05) is 0 Å². The molecule has 6 nitrogen and oxygen atoms in total. The van der Waals surface area contributed by atoms with E-state index in [9.17, 15) is 4.79 Å². The molecule has 3 rings (SSSR count). The number of hydrogen-bond donors (Lipinski definition) is 1. The van der Waals surface area contributed by atoms with Crippen LogP contribution in [0.3, 0.4) is 0 Å². The lowest BCUT2D eigenvalue weighted by Crippen LogP contribution is -2.11. The van der Waals surface area contributed by atoms with E-state index in [0.717, 1.165) is 0 Å². The Hall–Kier alpha value is -2.76. The fraction of sp³-hybridized carbons (Fsp3) is 0. The van der Waals surface area contributed by atoms with Gasteiger partial charge < -0.3 is 10.2 Å². The van der Waals surface area contributed by atoms with Gasteiger partial charge >= 0.3 is 0 Å². The number of primary amides is 1. The maximum atomic E-state index is 11.6. The Morgan fingerprint density at radius 1 is 1.28 bits per heavy atom. The van der Waals surface area contributed by atoms with Crippen molar-refractivity contribution < 1.29 is 9.21 Å². The van der Waals surface area contributed by atoms with E-state index in [1.54, 1.807) is 30.7 Å². The van der Waals surface area contributed by atoms with Crippen molar-refractivity contribution in [2.24, 2.45) is 5.73 Å². The zero-order chi connectivity index (χ0) is 12.5. The molecule has 0 aliphatic rings. The number of fused-ring (bicyclic) bond motifs is 1. The highest BCUT2D eigenvalue weighted by molar-refractivity contribution is 6.08. The van der Waals surface area contributed by atoms with E-state index in [0.29, 0.717) is 22.4 Å². The maximum absolute atomic E-state index is 11.6. The van der Waals surface area contributed by atoms with Crippen molar-refractivity contribution in [3.05, 3.63) is 42.6 Å². The number of amides is 1. The van der Waals surface area contributed by atoms with Crippen LogP contribution in [-0.2, 0) is 0 Å². The zero-order valence-electron chi connectivity index (χ0n) is 9.20. The molecule has 88 valence electrons. The lowest BCUT2D eigenvalue weighted by molar-refractivity contribution is 0.100. The average Bonchev–Trinajstić information content (AvgIpc) is 2.79. The highest BCUT2D eigenvalue weighted by Gasteiger charge is 2.21. The highest BCUT2D eigenvalue weighted by atomic mass is 16.3. The summed E-state index contributed by atoms with van der Waals surface area (Å²) in [6.07, 6.45) is 6.08. The summed E-state index contributed by atoms with van der Waals surface area (Å²) in [6, 6.07) is 3.45. The third-order valence-corrected chi connectivity index (χ3v) is 2.52. The van der Waals surface area contributed by atoms with E-state index in [1.165, 1.54) is 6.33 Å². The maximum Gasteiger partial charge on any atom is 0.254 e. The van der Waals surface area contributed by atoms with Crippen LogP contribution in [-0.4, -0.2) is 20.9 Å².